The molecule has 4 N–H and O–H groups in total. The van der Waals surface area contributed by atoms with Crippen molar-refractivity contribution in [3.8, 4) is 5.88 Å². The molecule has 1 heterocycles. The molecule has 0 saturated carbocycles. The van der Waals surface area contributed by atoms with E-state index in [1.165, 1.54) is 0 Å². The third kappa shape index (κ3) is 4.56. The molecule has 0 bridgehead atoms. The highest BCUT2D eigenvalue weighted by molar-refractivity contribution is 6.30. The maximum Gasteiger partial charge on any atom is 0.328 e. The molecule has 0 aliphatic heterocycles. The monoisotopic (exact) mass is 351 g/mol. The summed E-state index contributed by atoms with van der Waals surface area (Å²) in [5.74, 6) is -2.02. The fourth-order valence-electron chi connectivity index (χ4n) is 2.11. The van der Waals surface area contributed by atoms with Crippen molar-refractivity contribution in [2.45, 2.75) is 12.3 Å². The first-order chi connectivity index (χ1) is 11.4. The molecule has 1 aromatic heterocycles. The number of carboxylic acid groups (broad SMARTS) is 1. The third-order valence-electron chi connectivity index (χ3n) is 3.27. The summed E-state index contributed by atoms with van der Waals surface area (Å²) in [7, 11) is 0. The summed E-state index contributed by atoms with van der Waals surface area (Å²) in [5, 5.41) is 19.1. The number of aliphatic carboxylic acids is 1. The molecular formula is C15H14ClN3O5. The lowest BCUT2D eigenvalue weighted by molar-refractivity contribution is -0.137. The van der Waals surface area contributed by atoms with E-state index in [-0.39, 0.29) is 18.5 Å². The zero-order valence-corrected chi connectivity index (χ0v) is 13.1. The standard InChI is InChI=1S/C15H14ClN3O5/c16-10-3-1-8(2-4-10)9(5-12(20)21)6-17-7-11-13(22)18-15(24)19-14(11)23/h1-4,7,9H,5-6H2,(H,20,21)(H3,18,19,22,23,24). The van der Waals surface area contributed by atoms with Crippen molar-refractivity contribution < 1.29 is 15.0 Å². The Morgan fingerprint density at radius 3 is 2.50 bits per heavy atom. The van der Waals surface area contributed by atoms with Gasteiger partial charge in [0.2, 0.25) is 5.88 Å². The molecule has 24 heavy (non-hydrogen) atoms. The van der Waals surface area contributed by atoms with Crippen molar-refractivity contribution in [3.63, 3.8) is 0 Å². The Kier molecular flexibility index (Phi) is 5.54. The van der Waals surface area contributed by atoms with Crippen LogP contribution in [0.1, 0.15) is 23.5 Å². The van der Waals surface area contributed by atoms with E-state index in [0.29, 0.717) is 5.02 Å². The van der Waals surface area contributed by atoms with E-state index in [0.717, 1.165) is 11.8 Å². The zero-order chi connectivity index (χ0) is 17.7. The number of carbonyl (C=O) groups is 1. The second-order valence-electron chi connectivity index (χ2n) is 5.01. The number of aromatic hydroxyl groups is 1. The molecule has 126 valence electrons. The molecule has 0 saturated heterocycles. The first kappa shape index (κ1) is 17.5. The number of aromatic amines is 2. The number of hydrogen-bond donors (Lipinski definition) is 4. The van der Waals surface area contributed by atoms with Crippen LogP contribution in [0.25, 0.3) is 0 Å². The number of rotatable bonds is 6. The molecule has 1 atom stereocenters. The second-order valence-corrected chi connectivity index (χ2v) is 5.45. The molecule has 9 heteroatoms. The molecule has 0 fully saturated rings. The minimum Gasteiger partial charge on any atom is -0.494 e. The van der Waals surface area contributed by atoms with Crippen LogP contribution in [-0.4, -0.2) is 38.9 Å². The van der Waals surface area contributed by atoms with E-state index in [1.54, 1.807) is 24.3 Å². The lowest BCUT2D eigenvalue weighted by atomic mass is 9.96. The SMILES string of the molecule is O=C(O)CC(CN=Cc1c(O)[nH]c(=O)[nH]c1=O)c1ccc(Cl)cc1. The lowest BCUT2D eigenvalue weighted by Crippen LogP contribution is -2.25. The average Bonchev–Trinajstić information content (AvgIpc) is 2.49. The predicted molar refractivity (Wildman–Crippen MR) is 88.3 cm³/mol. The average molecular weight is 352 g/mol. The zero-order valence-electron chi connectivity index (χ0n) is 12.3. The van der Waals surface area contributed by atoms with Crippen molar-refractivity contribution in [2.24, 2.45) is 4.99 Å². The Morgan fingerprint density at radius 2 is 1.92 bits per heavy atom. The van der Waals surface area contributed by atoms with Crippen LogP contribution in [0.5, 0.6) is 5.88 Å². The minimum absolute atomic E-state index is 0.0753. The molecule has 8 nitrogen and oxygen atoms in total. The van der Waals surface area contributed by atoms with Crippen LogP contribution in [0, 0.1) is 0 Å². The summed E-state index contributed by atoms with van der Waals surface area (Å²) in [5.41, 5.74) is -1.10. The lowest BCUT2D eigenvalue weighted by Gasteiger charge is -2.12. The quantitative estimate of drug-likeness (QED) is 0.578. The number of carboxylic acids is 1. The minimum atomic E-state index is -0.991. The number of hydrogen-bond acceptors (Lipinski definition) is 5. The summed E-state index contributed by atoms with van der Waals surface area (Å²) >= 11 is 5.81. The Labute approximate surface area is 140 Å². The topological polar surface area (TPSA) is 136 Å². The van der Waals surface area contributed by atoms with E-state index in [4.69, 9.17) is 16.7 Å². The van der Waals surface area contributed by atoms with Crippen LogP contribution in [0.3, 0.4) is 0 Å². The van der Waals surface area contributed by atoms with E-state index >= 15 is 0 Å². The van der Waals surface area contributed by atoms with Gasteiger partial charge in [0, 0.05) is 23.7 Å². The van der Waals surface area contributed by atoms with Crippen molar-refractivity contribution >= 4 is 23.8 Å². The van der Waals surface area contributed by atoms with Gasteiger partial charge in [-0.2, -0.15) is 0 Å². The van der Waals surface area contributed by atoms with Crippen molar-refractivity contribution in [3.05, 3.63) is 61.3 Å². The number of aliphatic imine (C=N–C) groups is 1. The van der Waals surface area contributed by atoms with Gasteiger partial charge in [0.1, 0.15) is 5.56 Å². The maximum atomic E-state index is 11.6. The molecular weight excluding hydrogens is 338 g/mol. The van der Waals surface area contributed by atoms with Gasteiger partial charge in [-0.25, -0.2) is 4.79 Å². The molecule has 1 aromatic carbocycles. The fourth-order valence-corrected chi connectivity index (χ4v) is 2.23. The number of aromatic nitrogens is 2. The van der Waals surface area contributed by atoms with Gasteiger partial charge < -0.3 is 10.2 Å². The molecule has 0 aliphatic carbocycles. The first-order valence-corrected chi connectivity index (χ1v) is 7.27. The van der Waals surface area contributed by atoms with Crippen molar-refractivity contribution in [1.82, 2.24) is 9.97 Å². The Balaban J connectivity index is 2.22. The van der Waals surface area contributed by atoms with E-state index in [1.807, 2.05) is 9.97 Å². The van der Waals surface area contributed by atoms with Gasteiger partial charge in [-0.05, 0) is 17.7 Å². The highest BCUT2D eigenvalue weighted by Gasteiger charge is 2.15. The Hall–Kier alpha value is -2.87. The molecule has 0 aliphatic rings. The summed E-state index contributed by atoms with van der Waals surface area (Å²) in [4.78, 5) is 41.6. The highest BCUT2D eigenvalue weighted by Crippen LogP contribution is 2.22. The molecule has 2 rings (SSSR count). The molecule has 0 radical (unpaired) electrons. The Bertz CT molecular complexity index is 870. The van der Waals surface area contributed by atoms with Gasteiger partial charge in [0.05, 0.1) is 6.42 Å². The summed E-state index contributed by atoms with van der Waals surface area (Å²) in [6, 6.07) is 6.70. The summed E-state index contributed by atoms with van der Waals surface area (Å²) in [6.45, 7) is 0.0753. The number of nitrogens with one attached hydrogen (secondary N) is 2. The number of H-pyrrole nitrogens is 2. The van der Waals surface area contributed by atoms with Crippen LogP contribution in [0.2, 0.25) is 5.02 Å². The van der Waals surface area contributed by atoms with Crippen LogP contribution < -0.4 is 11.2 Å². The Morgan fingerprint density at radius 1 is 1.25 bits per heavy atom. The van der Waals surface area contributed by atoms with Crippen molar-refractivity contribution in [2.75, 3.05) is 6.54 Å². The normalized spacial score (nSPS) is 12.4. The van der Waals surface area contributed by atoms with Crippen LogP contribution in [0.4, 0.5) is 0 Å². The van der Waals surface area contributed by atoms with Crippen molar-refractivity contribution in [1.29, 1.82) is 0 Å². The molecule has 2 aromatic rings. The van der Waals surface area contributed by atoms with Gasteiger partial charge >= 0.3 is 11.7 Å². The number of benzene rings is 1. The van der Waals surface area contributed by atoms with Crippen LogP contribution in [-0.2, 0) is 4.79 Å². The predicted octanol–water partition coefficient (Wildman–Crippen LogP) is 1.10. The van der Waals surface area contributed by atoms with E-state index in [2.05, 4.69) is 4.99 Å². The molecule has 0 amide bonds. The fraction of sp³-hybridized carbons (Fsp3) is 0.200. The second kappa shape index (κ2) is 7.60. The molecule has 1 unspecified atom stereocenters. The maximum absolute atomic E-state index is 11.6. The largest absolute Gasteiger partial charge is 0.494 e. The van der Waals surface area contributed by atoms with Gasteiger partial charge in [0.25, 0.3) is 5.56 Å². The summed E-state index contributed by atoms with van der Waals surface area (Å²) in [6.07, 6.45) is 0.932. The number of nitrogens with zero attached hydrogens (tertiary/aromatic N) is 1. The van der Waals surface area contributed by atoms with Gasteiger partial charge in [-0.15, -0.1) is 0 Å². The smallest absolute Gasteiger partial charge is 0.328 e. The van der Waals surface area contributed by atoms with Gasteiger partial charge in [-0.1, -0.05) is 23.7 Å². The van der Waals surface area contributed by atoms with E-state index < -0.39 is 29.0 Å². The first-order valence-electron chi connectivity index (χ1n) is 6.89. The highest BCUT2D eigenvalue weighted by atomic mass is 35.5. The molecule has 0 spiro atoms. The van der Waals surface area contributed by atoms with Crippen LogP contribution >= 0.6 is 11.6 Å². The third-order valence-corrected chi connectivity index (χ3v) is 3.52. The number of halogens is 1. The van der Waals surface area contributed by atoms with Crippen LogP contribution in [0.15, 0.2) is 38.8 Å². The van der Waals surface area contributed by atoms with Gasteiger partial charge in [0.15, 0.2) is 0 Å². The van der Waals surface area contributed by atoms with Gasteiger partial charge in [-0.3, -0.25) is 24.5 Å². The summed E-state index contributed by atoms with van der Waals surface area (Å²) < 4.78 is 0. The van der Waals surface area contributed by atoms with E-state index in [9.17, 15) is 19.5 Å².